The normalized spacial score (nSPS) is 20.4. The zero-order valence-electron chi connectivity index (χ0n) is 10.9. The van der Waals surface area contributed by atoms with Gasteiger partial charge in [-0.25, -0.2) is 0 Å². The molecule has 0 bridgehead atoms. The van der Waals surface area contributed by atoms with Crippen molar-refractivity contribution in [2.45, 2.75) is 50.2 Å². The molecule has 0 amide bonds. The second kappa shape index (κ2) is 5.61. The van der Waals surface area contributed by atoms with Gasteiger partial charge in [-0.3, -0.25) is 0 Å². The monoisotopic (exact) mass is 290 g/mol. The second-order valence-corrected chi connectivity index (χ2v) is 5.19. The van der Waals surface area contributed by atoms with Gasteiger partial charge < -0.3 is 14.9 Å². The average Bonchev–Trinajstić information content (AvgIpc) is 2.37. The zero-order chi connectivity index (χ0) is 14.8. The molecule has 0 aromatic heterocycles. The van der Waals surface area contributed by atoms with Gasteiger partial charge in [0.2, 0.25) is 0 Å². The number of halogens is 3. The van der Waals surface area contributed by atoms with Gasteiger partial charge in [0.05, 0.1) is 5.60 Å². The van der Waals surface area contributed by atoms with Crippen molar-refractivity contribution >= 4 is 0 Å². The average molecular weight is 290 g/mol. The molecule has 112 valence electrons. The molecule has 1 aromatic rings. The van der Waals surface area contributed by atoms with E-state index in [0.717, 1.165) is 31.4 Å². The van der Waals surface area contributed by atoms with Crippen LogP contribution in [0.1, 0.15) is 43.8 Å². The summed E-state index contributed by atoms with van der Waals surface area (Å²) in [6, 6.07) is 5.13. The third kappa shape index (κ3) is 3.64. The van der Waals surface area contributed by atoms with Crippen LogP contribution in [0.4, 0.5) is 13.2 Å². The maximum Gasteiger partial charge on any atom is 0.573 e. The molecule has 20 heavy (non-hydrogen) atoms. The van der Waals surface area contributed by atoms with Crippen molar-refractivity contribution in [3.05, 3.63) is 29.8 Å². The molecule has 0 radical (unpaired) electrons. The highest BCUT2D eigenvalue weighted by Gasteiger charge is 2.38. The van der Waals surface area contributed by atoms with Crippen molar-refractivity contribution in [1.29, 1.82) is 0 Å². The summed E-state index contributed by atoms with van der Waals surface area (Å²) >= 11 is 0. The van der Waals surface area contributed by atoms with E-state index in [0.29, 0.717) is 12.8 Å². The third-order valence-corrected chi connectivity index (χ3v) is 3.64. The summed E-state index contributed by atoms with van der Waals surface area (Å²) in [6.07, 6.45) is -2.51. The van der Waals surface area contributed by atoms with Crippen molar-refractivity contribution in [2.75, 3.05) is 0 Å². The SMILES string of the molecule is OC(c1cccc(OC(F)(F)F)c1)C1(O)CCCCC1. The first-order valence-electron chi connectivity index (χ1n) is 6.56. The molecule has 1 unspecified atom stereocenters. The third-order valence-electron chi connectivity index (χ3n) is 3.64. The molecule has 1 fully saturated rings. The zero-order valence-corrected chi connectivity index (χ0v) is 10.9. The van der Waals surface area contributed by atoms with Crippen LogP contribution in [0.2, 0.25) is 0 Å². The number of hydrogen-bond acceptors (Lipinski definition) is 3. The molecule has 0 saturated heterocycles. The van der Waals surface area contributed by atoms with E-state index in [9.17, 15) is 23.4 Å². The molecule has 1 aromatic carbocycles. The van der Waals surface area contributed by atoms with Gasteiger partial charge >= 0.3 is 6.36 Å². The highest BCUT2D eigenvalue weighted by atomic mass is 19.4. The Morgan fingerprint density at radius 2 is 1.80 bits per heavy atom. The minimum Gasteiger partial charge on any atom is -0.406 e. The Hall–Kier alpha value is -1.27. The lowest BCUT2D eigenvalue weighted by atomic mass is 9.78. The summed E-state index contributed by atoms with van der Waals surface area (Å²) in [4.78, 5) is 0. The maximum atomic E-state index is 12.2. The van der Waals surface area contributed by atoms with Crippen LogP contribution < -0.4 is 4.74 Å². The molecule has 1 aliphatic rings. The van der Waals surface area contributed by atoms with Crippen LogP contribution in [-0.2, 0) is 0 Å². The van der Waals surface area contributed by atoms with E-state index in [4.69, 9.17) is 0 Å². The molecule has 1 aliphatic carbocycles. The summed E-state index contributed by atoms with van der Waals surface area (Å²) in [5.41, 5.74) is -1.04. The van der Waals surface area contributed by atoms with Crippen LogP contribution in [0.3, 0.4) is 0 Å². The van der Waals surface area contributed by atoms with Crippen LogP contribution in [0.5, 0.6) is 5.75 Å². The van der Waals surface area contributed by atoms with E-state index in [-0.39, 0.29) is 5.56 Å². The van der Waals surface area contributed by atoms with Crippen LogP contribution in [0.25, 0.3) is 0 Å². The van der Waals surface area contributed by atoms with Gasteiger partial charge in [0.1, 0.15) is 11.9 Å². The van der Waals surface area contributed by atoms with Crippen LogP contribution in [0.15, 0.2) is 24.3 Å². The number of aliphatic hydroxyl groups is 2. The largest absolute Gasteiger partial charge is 0.573 e. The van der Waals surface area contributed by atoms with Crippen molar-refractivity contribution < 1.29 is 28.1 Å². The molecule has 0 spiro atoms. The lowest BCUT2D eigenvalue weighted by Crippen LogP contribution is -2.38. The lowest BCUT2D eigenvalue weighted by molar-refractivity contribution is -0.274. The summed E-state index contributed by atoms with van der Waals surface area (Å²) in [5.74, 6) is -0.395. The number of ether oxygens (including phenoxy) is 1. The van der Waals surface area contributed by atoms with E-state index in [1.165, 1.54) is 12.1 Å². The highest BCUT2D eigenvalue weighted by molar-refractivity contribution is 5.31. The fourth-order valence-corrected chi connectivity index (χ4v) is 2.63. The molecule has 1 saturated carbocycles. The fourth-order valence-electron chi connectivity index (χ4n) is 2.63. The Kier molecular flexibility index (Phi) is 4.25. The fraction of sp³-hybridized carbons (Fsp3) is 0.571. The van der Waals surface area contributed by atoms with E-state index in [1.54, 1.807) is 0 Å². The van der Waals surface area contributed by atoms with Gasteiger partial charge in [-0.15, -0.1) is 13.2 Å². The van der Waals surface area contributed by atoms with E-state index >= 15 is 0 Å². The molecule has 2 rings (SSSR count). The first-order chi connectivity index (χ1) is 9.30. The van der Waals surface area contributed by atoms with Gasteiger partial charge in [-0.1, -0.05) is 31.4 Å². The summed E-state index contributed by atoms with van der Waals surface area (Å²) in [6.45, 7) is 0. The Morgan fingerprint density at radius 3 is 2.40 bits per heavy atom. The standard InChI is InChI=1S/C14H17F3O3/c15-14(16,17)20-11-6-4-5-10(9-11)12(18)13(19)7-2-1-3-8-13/h4-6,9,12,18-19H,1-3,7-8H2. The number of aliphatic hydroxyl groups excluding tert-OH is 1. The summed E-state index contributed by atoms with van der Waals surface area (Å²) in [5, 5.41) is 20.6. The molecule has 6 heteroatoms. The van der Waals surface area contributed by atoms with Gasteiger partial charge in [0, 0.05) is 0 Å². The number of rotatable bonds is 3. The number of alkyl halides is 3. The Morgan fingerprint density at radius 1 is 1.15 bits per heavy atom. The Labute approximate surface area is 115 Å². The smallest absolute Gasteiger partial charge is 0.406 e. The van der Waals surface area contributed by atoms with Crippen LogP contribution in [-0.4, -0.2) is 22.2 Å². The van der Waals surface area contributed by atoms with Gasteiger partial charge in [-0.05, 0) is 30.5 Å². The minimum absolute atomic E-state index is 0.233. The molecule has 0 aliphatic heterocycles. The van der Waals surface area contributed by atoms with Gasteiger partial charge in [0.25, 0.3) is 0 Å². The molecule has 2 N–H and O–H groups in total. The maximum absolute atomic E-state index is 12.2. The van der Waals surface area contributed by atoms with E-state index < -0.39 is 23.8 Å². The lowest BCUT2D eigenvalue weighted by Gasteiger charge is -2.36. The molecular formula is C14H17F3O3. The topological polar surface area (TPSA) is 49.7 Å². The minimum atomic E-state index is -4.77. The Bertz CT molecular complexity index is 453. The first kappa shape index (κ1) is 15.1. The van der Waals surface area contributed by atoms with E-state index in [1.807, 2.05) is 0 Å². The van der Waals surface area contributed by atoms with Crippen molar-refractivity contribution in [1.82, 2.24) is 0 Å². The highest BCUT2D eigenvalue weighted by Crippen LogP contribution is 2.39. The first-order valence-corrected chi connectivity index (χ1v) is 6.56. The molecule has 1 atom stereocenters. The van der Waals surface area contributed by atoms with Crippen molar-refractivity contribution in [2.24, 2.45) is 0 Å². The van der Waals surface area contributed by atoms with Crippen molar-refractivity contribution in [3.63, 3.8) is 0 Å². The number of hydrogen-bond donors (Lipinski definition) is 2. The van der Waals surface area contributed by atoms with Crippen LogP contribution in [0, 0.1) is 0 Å². The Balaban J connectivity index is 2.17. The predicted octanol–water partition coefficient (Wildman–Crippen LogP) is 3.31. The van der Waals surface area contributed by atoms with E-state index in [2.05, 4.69) is 4.74 Å². The van der Waals surface area contributed by atoms with Gasteiger partial charge in [-0.2, -0.15) is 0 Å². The second-order valence-electron chi connectivity index (χ2n) is 5.19. The molecule has 0 heterocycles. The summed E-state index contributed by atoms with van der Waals surface area (Å²) < 4.78 is 40.3. The van der Waals surface area contributed by atoms with Crippen molar-refractivity contribution in [3.8, 4) is 5.75 Å². The number of benzene rings is 1. The quantitative estimate of drug-likeness (QED) is 0.898. The summed E-state index contributed by atoms with van der Waals surface area (Å²) in [7, 11) is 0. The van der Waals surface area contributed by atoms with Crippen LogP contribution >= 0.6 is 0 Å². The predicted molar refractivity (Wildman–Crippen MR) is 66.1 cm³/mol. The van der Waals surface area contributed by atoms with Gasteiger partial charge in [0.15, 0.2) is 0 Å². The molecular weight excluding hydrogens is 273 g/mol. The molecule has 3 nitrogen and oxygen atoms in total.